The van der Waals surface area contributed by atoms with Crippen LogP contribution in [0.2, 0.25) is 0 Å². The van der Waals surface area contributed by atoms with Gasteiger partial charge < -0.3 is 21.0 Å². The molecule has 34 heavy (non-hydrogen) atoms. The van der Waals surface area contributed by atoms with E-state index >= 15 is 0 Å². The monoisotopic (exact) mass is 510 g/mol. The zero-order chi connectivity index (χ0) is 25.0. The van der Waals surface area contributed by atoms with Crippen molar-refractivity contribution in [2.24, 2.45) is 16.8 Å². The summed E-state index contributed by atoms with van der Waals surface area (Å²) in [5.41, 5.74) is 11.6. The van der Waals surface area contributed by atoms with Crippen LogP contribution in [0.1, 0.15) is 24.6 Å². The van der Waals surface area contributed by atoms with Gasteiger partial charge in [-0.05, 0) is 31.2 Å². The second-order valence-corrected chi connectivity index (χ2v) is 9.40. The third kappa shape index (κ3) is 5.67. The number of hydrogen-bond donors (Lipinski definition) is 4. The van der Waals surface area contributed by atoms with Crippen LogP contribution in [0.15, 0.2) is 34.8 Å². The summed E-state index contributed by atoms with van der Waals surface area (Å²) in [5, 5.41) is 12.9. The summed E-state index contributed by atoms with van der Waals surface area (Å²) in [5.74, 6) is -1.98. The van der Waals surface area contributed by atoms with Gasteiger partial charge in [0.2, 0.25) is 5.91 Å². The van der Waals surface area contributed by atoms with E-state index in [-0.39, 0.29) is 42.0 Å². The number of carbonyl (C=O) groups excluding carboxylic acids is 2. The van der Waals surface area contributed by atoms with E-state index in [1.54, 1.807) is 24.3 Å². The Morgan fingerprint density at radius 1 is 1.32 bits per heavy atom. The van der Waals surface area contributed by atoms with E-state index in [0.717, 1.165) is 11.3 Å². The fraction of sp³-hybridized carbons (Fsp3) is 0.316. The SMILES string of the molecule is C[C@H]1[C@H](CC(=O)/C(=N\OCCOc2ccc(C(=N)N)cc2)c2csc(N)n2)C(=O)N1S(=O)(=O)O. The Kier molecular flexibility index (Phi) is 7.48. The number of benzene rings is 1. The van der Waals surface area contributed by atoms with Crippen LogP contribution < -0.4 is 16.2 Å². The molecule has 182 valence electrons. The zero-order valence-electron chi connectivity index (χ0n) is 17.9. The van der Waals surface area contributed by atoms with Crippen molar-refractivity contribution >= 4 is 50.0 Å². The average molecular weight is 511 g/mol. The number of anilines is 1. The summed E-state index contributed by atoms with van der Waals surface area (Å²) >= 11 is 1.08. The van der Waals surface area contributed by atoms with Crippen molar-refractivity contribution in [2.75, 3.05) is 18.9 Å². The van der Waals surface area contributed by atoms with Gasteiger partial charge >= 0.3 is 10.3 Å². The normalized spacial score (nSPS) is 18.4. The van der Waals surface area contributed by atoms with Crippen LogP contribution >= 0.6 is 11.3 Å². The minimum atomic E-state index is -4.69. The van der Waals surface area contributed by atoms with Gasteiger partial charge in [0.25, 0.3) is 0 Å². The highest BCUT2D eigenvalue weighted by Gasteiger charge is 2.51. The summed E-state index contributed by atoms with van der Waals surface area (Å²) in [6, 6.07) is 5.65. The van der Waals surface area contributed by atoms with E-state index in [2.05, 4.69) is 10.1 Å². The summed E-state index contributed by atoms with van der Waals surface area (Å²) in [7, 11) is -4.69. The first-order valence-electron chi connectivity index (χ1n) is 9.81. The van der Waals surface area contributed by atoms with Crippen LogP contribution in [-0.2, 0) is 24.7 Å². The topological polar surface area (TPSA) is 211 Å². The number of amidine groups is 1. The Morgan fingerprint density at radius 2 is 2.00 bits per heavy atom. The molecule has 0 saturated carbocycles. The van der Waals surface area contributed by atoms with Gasteiger partial charge in [-0.1, -0.05) is 5.16 Å². The Balaban J connectivity index is 1.61. The highest BCUT2D eigenvalue weighted by Crippen LogP contribution is 2.32. The lowest BCUT2D eigenvalue weighted by molar-refractivity contribution is -0.147. The first kappa shape index (κ1) is 25.1. The lowest BCUT2D eigenvalue weighted by Crippen LogP contribution is -2.62. The minimum absolute atomic E-state index is 0.0276. The van der Waals surface area contributed by atoms with E-state index in [1.807, 2.05) is 0 Å². The van der Waals surface area contributed by atoms with Gasteiger partial charge in [-0.15, -0.1) is 11.3 Å². The van der Waals surface area contributed by atoms with Crippen LogP contribution in [0.25, 0.3) is 0 Å². The molecule has 0 aliphatic carbocycles. The maximum absolute atomic E-state index is 12.8. The second kappa shape index (κ2) is 10.1. The van der Waals surface area contributed by atoms with Crippen molar-refractivity contribution in [3.63, 3.8) is 0 Å². The van der Waals surface area contributed by atoms with Crippen molar-refractivity contribution in [1.82, 2.24) is 9.29 Å². The minimum Gasteiger partial charge on any atom is -0.490 e. The molecule has 15 heteroatoms. The Morgan fingerprint density at radius 3 is 2.53 bits per heavy atom. The molecule has 1 aromatic carbocycles. The van der Waals surface area contributed by atoms with Crippen LogP contribution in [0.3, 0.4) is 0 Å². The number of β-lactam (4-membered cyclic amide) rings is 1. The molecule has 1 aliphatic heterocycles. The number of nitrogens with one attached hydrogen (secondary N) is 1. The molecule has 0 bridgehead atoms. The van der Waals surface area contributed by atoms with Crippen molar-refractivity contribution < 1.29 is 32.1 Å². The van der Waals surface area contributed by atoms with Crippen LogP contribution in [0, 0.1) is 11.3 Å². The van der Waals surface area contributed by atoms with E-state index in [0.29, 0.717) is 15.6 Å². The third-order valence-corrected chi connectivity index (χ3v) is 6.62. The number of nitrogens with two attached hydrogens (primary N) is 2. The molecule has 1 amide bonds. The maximum Gasteiger partial charge on any atom is 0.362 e. The van der Waals surface area contributed by atoms with Gasteiger partial charge in [0.15, 0.2) is 23.2 Å². The zero-order valence-corrected chi connectivity index (χ0v) is 19.5. The van der Waals surface area contributed by atoms with Gasteiger partial charge in [0.05, 0.1) is 12.0 Å². The summed E-state index contributed by atoms with van der Waals surface area (Å²) in [4.78, 5) is 34.2. The first-order chi connectivity index (χ1) is 16.0. The van der Waals surface area contributed by atoms with Crippen molar-refractivity contribution in [3.05, 3.63) is 40.9 Å². The molecule has 2 aromatic rings. The van der Waals surface area contributed by atoms with Gasteiger partial charge in [0.1, 0.15) is 23.9 Å². The van der Waals surface area contributed by atoms with Crippen LogP contribution in [0.4, 0.5) is 5.13 Å². The molecular weight excluding hydrogens is 488 g/mol. The third-order valence-electron chi connectivity index (χ3n) is 4.93. The fourth-order valence-electron chi connectivity index (χ4n) is 3.20. The molecule has 6 N–H and O–H groups in total. The lowest BCUT2D eigenvalue weighted by Gasteiger charge is -2.41. The predicted molar refractivity (Wildman–Crippen MR) is 123 cm³/mol. The number of aromatic nitrogens is 1. The van der Waals surface area contributed by atoms with Gasteiger partial charge in [0, 0.05) is 17.4 Å². The fourth-order valence-corrected chi connectivity index (χ4v) is 4.68. The number of thiazole rings is 1. The molecule has 1 fully saturated rings. The molecular formula is C19H22N6O7S2. The van der Waals surface area contributed by atoms with E-state index in [9.17, 15) is 18.0 Å². The Labute approximate surface area is 198 Å². The van der Waals surface area contributed by atoms with E-state index in [1.165, 1.54) is 12.3 Å². The number of ether oxygens (including phenoxy) is 1. The van der Waals surface area contributed by atoms with Crippen molar-refractivity contribution in [1.29, 1.82) is 5.41 Å². The van der Waals surface area contributed by atoms with Crippen LogP contribution in [0.5, 0.6) is 5.75 Å². The number of oxime groups is 1. The molecule has 0 spiro atoms. The molecule has 0 unspecified atom stereocenters. The number of nitrogen functional groups attached to an aromatic ring is 2. The highest BCUT2D eigenvalue weighted by molar-refractivity contribution is 7.84. The highest BCUT2D eigenvalue weighted by atomic mass is 32.2. The average Bonchev–Trinajstić information content (AvgIpc) is 3.19. The number of hydrogen-bond acceptors (Lipinski definition) is 11. The lowest BCUT2D eigenvalue weighted by atomic mass is 9.86. The first-order valence-corrected chi connectivity index (χ1v) is 12.1. The van der Waals surface area contributed by atoms with Gasteiger partial charge in [-0.2, -0.15) is 8.42 Å². The molecule has 2 atom stereocenters. The second-order valence-electron chi connectivity index (χ2n) is 7.22. The summed E-state index contributed by atoms with van der Waals surface area (Å²) in [6.07, 6.45) is -0.357. The summed E-state index contributed by atoms with van der Waals surface area (Å²) < 4.78 is 37.4. The van der Waals surface area contributed by atoms with Crippen molar-refractivity contribution in [3.8, 4) is 5.75 Å². The number of Topliss-reactive ketones (excluding diaryl/α,β-unsaturated/α-hetero) is 1. The molecule has 3 rings (SSSR count). The standard InChI is InChI=1S/C19H22N6O7S2/c1-10-13(18(27)25(10)34(28,29)30)8-15(26)16(14-9-33-19(22)23-14)24-32-7-6-31-12-4-2-11(3-5-12)17(20)21/h2-5,9-10,13H,6-8H2,1H3,(H3,20,21)(H2,22,23)(H,28,29,30)/b24-16-/t10-,13-/m0/s1. The molecule has 13 nitrogen and oxygen atoms in total. The van der Waals surface area contributed by atoms with Crippen LogP contribution in [-0.4, -0.2) is 64.8 Å². The molecule has 2 heterocycles. The number of rotatable bonds is 11. The maximum atomic E-state index is 12.8. The smallest absolute Gasteiger partial charge is 0.362 e. The largest absolute Gasteiger partial charge is 0.490 e. The quantitative estimate of drug-likeness (QED) is 0.0816. The molecule has 1 saturated heterocycles. The van der Waals surface area contributed by atoms with E-state index in [4.69, 9.17) is 31.0 Å². The van der Waals surface area contributed by atoms with Gasteiger partial charge in [-0.3, -0.25) is 19.6 Å². The number of amides is 1. The van der Waals surface area contributed by atoms with Crippen molar-refractivity contribution in [2.45, 2.75) is 19.4 Å². The molecule has 1 aromatic heterocycles. The number of nitrogens with zero attached hydrogens (tertiary/aromatic N) is 3. The molecule has 1 aliphatic rings. The molecule has 0 radical (unpaired) electrons. The summed E-state index contributed by atoms with van der Waals surface area (Å²) in [6.45, 7) is 1.47. The Bertz CT molecular complexity index is 1230. The number of carbonyl (C=O) groups is 2. The predicted octanol–water partition coefficient (Wildman–Crippen LogP) is 0.418. The van der Waals surface area contributed by atoms with E-state index < -0.39 is 34.0 Å². The number of ketones is 1. The van der Waals surface area contributed by atoms with Gasteiger partial charge in [-0.25, -0.2) is 9.29 Å². The Hall–Kier alpha value is -3.56.